The molecule has 0 aliphatic heterocycles. The third-order valence-corrected chi connectivity index (χ3v) is 6.95. The van der Waals surface area contributed by atoms with E-state index in [-0.39, 0.29) is 16.5 Å². The molecule has 4 rings (SSSR count). The molecule has 2 saturated carbocycles. The number of aromatic nitrogens is 2. The van der Waals surface area contributed by atoms with Crippen LogP contribution in [0.4, 0.5) is 0 Å². The number of carboxylic acid groups (broad SMARTS) is 1. The first-order valence-corrected chi connectivity index (χ1v) is 11.1. The average Bonchev–Trinajstić information content (AvgIpc) is 3.28. The molecule has 2 aromatic rings. The molecule has 0 saturated heterocycles. The van der Waals surface area contributed by atoms with Crippen molar-refractivity contribution in [2.75, 3.05) is 0 Å². The highest BCUT2D eigenvalue weighted by molar-refractivity contribution is 5.87. The van der Waals surface area contributed by atoms with Gasteiger partial charge in [0.2, 0.25) is 0 Å². The van der Waals surface area contributed by atoms with Crippen LogP contribution in [0.2, 0.25) is 0 Å². The minimum Gasteiger partial charge on any atom is -0.476 e. The minimum absolute atomic E-state index is 0.0415. The van der Waals surface area contributed by atoms with Gasteiger partial charge in [0, 0.05) is 12.1 Å². The summed E-state index contributed by atoms with van der Waals surface area (Å²) >= 11 is 0. The molecule has 0 unspecified atom stereocenters. The number of rotatable bonds is 5. The summed E-state index contributed by atoms with van der Waals surface area (Å²) in [4.78, 5) is 11.7. The first kappa shape index (κ1) is 20.2. The molecule has 0 amide bonds. The van der Waals surface area contributed by atoms with E-state index in [0.29, 0.717) is 5.92 Å². The summed E-state index contributed by atoms with van der Waals surface area (Å²) < 4.78 is 1.97. The normalized spacial score (nSPS) is 19.3. The van der Waals surface area contributed by atoms with Gasteiger partial charge >= 0.3 is 5.97 Å². The Morgan fingerprint density at radius 3 is 2.41 bits per heavy atom. The van der Waals surface area contributed by atoms with Gasteiger partial charge in [-0.25, -0.2) is 4.79 Å². The summed E-state index contributed by atoms with van der Waals surface area (Å²) in [6.07, 6.45) is 8.74. The smallest absolute Gasteiger partial charge is 0.356 e. The Balaban J connectivity index is 1.79. The molecule has 0 bridgehead atoms. The second-order valence-electron chi connectivity index (χ2n) is 10.5. The van der Waals surface area contributed by atoms with Crippen molar-refractivity contribution >= 4 is 5.97 Å². The summed E-state index contributed by atoms with van der Waals surface area (Å²) in [5.41, 5.74) is 5.19. The van der Waals surface area contributed by atoms with Crippen molar-refractivity contribution < 1.29 is 9.90 Å². The standard InChI is InChI=1S/C25H34N2O2/c1-24(2,3)19-12-18(13-20(14-19)25(4)10-11-25)22-15-21(23(28)29)26-27(22)16-17-8-6-5-7-9-17/h12-15,17H,5-11,16H2,1-4H3,(H,28,29). The molecular weight excluding hydrogens is 360 g/mol. The van der Waals surface area contributed by atoms with Crippen molar-refractivity contribution in [2.45, 2.75) is 90.0 Å². The number of hydrogen-bond donors (Lipinski definition) is 1. The van der Waals surface area contributed by atoms with Gasteiger partial charge in [-0.05, 0) is 71.8 Å². The minimum atomic E-state index is -0.949. The molecule has 1 aromatic carbocycles. The molecule has 0 radical (unpaired) electrons. The molecular formula is C25H34N2O2. The second kappa shape index (κ2) is 7.30. The van der Waals surface area contributed by atoms with Gasteiger partial charge in [-0.3, -0.25) is 4.68 Å². The molecule has 1 heterocycles. The van der Waals surface area contributed by atoms with Crippen LogP contribution in [0, 0.1) is 5.92 Å². The second-order valence-corrected chi connectivity index (χ2v) is 10.5. The van der Waals surface area contributed by atoms with Gasteiger partial charge in [-0.2, -0.15) is 5.10 Å². The van der Waals surface area contributed by atoms with Crippen LogP contribution in [0.25, 0.3) is 11.3 Å². The Hall–Kier alpha value is -2.10. The summed E-state index contributed by atoms with van der Waals surface area (Å²) in [6.45, 7) is 9.88. The predicted molar refractivity (Wildman–Crippen MR) is 116 cm³/mol. The third-order valence-electron chi connectivity index (χ3n) is 6.95. The molecule has 4 nitrogen and oxygen atoms in total. The van der Waals surface area contributed by atoms with Gasteiger partial charge in [-0.15, -0.1) is 0 Å². The molecule has 4 heteroatoms. The van der Waals surface area contributed by atoms with Crippen molar-refractivity contribution in [1.29, 1.82) is 0 Å². The first-order chi connectivity index (χ1) is 13.7. The molecule has 1 aromatic heterocycles. The van der Waals surface area contributed by atoms with E-state index in [2.05, 4.69) is 51.0 Å². The fourth-order valence-corrected chi connectivity index (χ4v) is 4.54. The van der Waals surface area contributed by atoms with Crippen LogP contribution in [-0.2, 0) is 17.4 Å². The highest BCUT2D eigenvalue weighted by Crippen LogP contribution is 2.49. The van der Waals surface area contributed by atoms with Crippen molar-refractivity contribution in [3.63, 3.8) is 0 Å². The number of carboxylic acids is 1. The van der Waals surface area contributed by atoms with Gasteiger partial charge in [-0.1, -0.05) is 53.0 Å². The van der Waals surface area contributed by atoms with E-state index in [1.54, 1.807) is 6.07 Å². The predicted octanol–water partition coefficient (Wildman–Crippen LogP) is 6.18. The van der Waals surface area contributed by atoms with E-state index in [1.807, 2.05) is 4.68 Å². The van der Waals surface area contributed by atoms with E-state index >= 15 is 0 Å². The van der Waals surface area contributed by atoms with E-state index < -0.39 is 5.97 Å². The van der Waals surface area contributed by atoms with Gasteiger partial charge in [0.05, 0.1) is 5.69 Å². The lowest BCUT2D eigenvalue weighted by atomic mass is 9.82. The molecule has 2 aliphatic rings. The lowest BCUT2D eigenvalue weighted by Gasteiger charge is -2.24. The zero-order valence-corrected chi connectivity index (χ0v) is 18.3. The lowest BCUT2D eigenvalue weighted by molar-refractivity contribution is 0.0689. The maximum Gasteiger partial charge on any atom is 0.356 e. The zero-order valence-electron chi connectivity index (χ0n) is 18.3. The Morgan fingerprint density at radius 2 is 1.83 bits per heavy atom. The van der Waals surface area contributed by atoms with Gasteiger partial charge in [0.25, 0.3) is 0 Å². The summed E-state index contributed by atoms with van der Waals surface area (Å²) in [5, 5.41) is 14.1. The van der Waals surface area contributed by atoms with Crippen LogP contribution < -0.4 is 0 Å². The number of carbonyl (C=O) groups is 1. The molecule has 0 spiro atoms. The number of nitrogens with zero attached hydrogens (tertiary/aromatic N) is 2. The van der Waals surface area contributed by atoms with Crippen LogP contribution in [0.15, 0.2) is 24.3 Å². The Kier molecular flexibility index (Phi) is 5.08. The summed E-state index contributed by atoms with van der Waals surface area (Å²) in [5.74, 6) is -0.356. The van der Waals surface area contributed by atoms with Crippen LogP contribution >= 0.6 is 0 Å². The molecule has 0 atom stereocenters. The van der Waals surface area contributed by atoms with Crippen LogP contribution in [0.1, 0.15) is 94.3 Å². The van der Waals surface area contributed by atoms with Crippen molar-refractivity contribution in [2.24, 2.45) is 5.92 Å². The van der Waals surface area contributed by atoms with Crippen molar-refractivity contribution in [1.82, 2.24) is 9.78 Å². The van der Waals surface area contributed by atoms with Gasteiger partial charge in [0.1, 0.15) is 0 Å². The number of benzene rings is 1. The van der Waals surface area contributed by atoms with E-state index in [1.165, 1.54) is 56.1 Å². The number of aromatic carboxylic acids is 1. The fraction of sp³-hybridized carbons (Fsp3) is 0.600. The van der Waals surface area contributed by atoms with Crippen LogP contribution in [0.3, 0.4) is 0 Å². The van der Waals surface area contributed by atoms with Gasteiger partial charge < -0.3 is 5.11 Å². The van der Waals surface area contributed by atoms with Crippen LogP contribution in [-0.4, -0.2) is 20.9 Å². The molecule has 29 heavy (non-hydrogen) atoms. The quantitative estimate of drug-likeness (QED) is 0.659. The maximum absolute atomic E-state index is 11.7. The lowest BCUT2D eigenvalue weighted by Crippen LogP contribution is -2.17. The largest absolute Gasteiger partial charge is 0.476 e. The van der Waals surface area contributed by atoms with E-state index in [9.17, 15) is 9.90 Å². The highest BCUT2D eigenvalue weighted by Gasteiger charge is 2.40. The fourth-order valence-electron chi connectivity index (χ4n) is 4.54. The van der Waals surface area contributed by atoms with Crippen molar-refractivity contribution in [3.05, 3.63) is 41.1 Å². The van der Waals surface area contributed by atoms with E-state index in [4.69, 9.17) is 0 Å². The SMILES string of the molecule is CC(C)(C)c1cc(-c2cc(C(=O)O)nn2CC2CCCCC2)cc(C2(C)CC2)c1. The summed E-state index contributed by atoms with van der Waals surface area (Å²) in [7, 11) is 0. The number of hydrogen-bond acceptors (Lipinski definition) is 2. The molecule has 156 valence electrons. The highest BCUT2D eigenvalue weighted by atomic mass is 16.4. The topological polar surface area (TPSA) is 55.1 Å². The van der Waals surface area contributed by atoms with E-state index in [0.717, 1.165) is 17.8 Å². The molecule has 2 fully saturated rings. The van der Waals surface area contributed by atoms with Gasteiger partial charge in [0.15, 0.2) is 5.69 Å². The Bertz CT molecular complexity index is 886. The monoisotopic (exact) mass is 394 g/mol. The Morgan fingerprint density at radius 1 is 1.14 bits per heavy atom. The summed E-state index contributed by atoms with van der Waals surface area (Å²) in [6, 6.07) is 8.65. The zero-order chi connectivity index (χ0) is 20.8. The molecule has 1 N–H and O–H groups in total. The average molecular weight is 395 g/mol. The molecule has 2 aliphatic carbocycles. The van der Waals surface area contributed by atoms with Crippen molar-refractivity contribution in [3.8, 4) is 11.3 Å². The first-order valence-electron chi connectivity index (χ1n) is 11.1. The maximum atomic E-state index is 11.7. The Labute approximate surface area is 174 Å². The third kappa shape index (κ3) is 4.26. The van der Waals surface area contributed by atoms with Crippen LogP contribution in [0.5, 0.6) is 0 Å².